The molecule has 0 fully saturated rings. The van der Waals surface area contributed by atoms with Gasteiger partial charge >= 0.3 is 0 Å². The van der Waals surface area contributed by atoms with Crippen molar-refractivity contribution in [3.63, 3.8) is 0 Å². The second-order valence-electron chi connectivity index (χ2n) is 12.8. The van der Waals surface area contributed by atoms with Crippen LogP contribution < -0.4 is 4.74 Å². The van der Waals surface area contributed by atoms with Crippen LogP contribution in [0.5, 0.6) is 5.75 Å². The Morgan fingerprint density at radius 1 is 0.500 bits per heavy atom. The molecule has 6 aromatic rings. The molecule has 46 heavy (non-hydrogen) atoms. The van der Waals surface area contributed by atoms with Gasteiger partial charge in [-0.2, -0.15) is 0 Å². The fourth-order valence-corrected chi connectivity index (χ4v) is 7.02. The largest absolute Gasteiger partial charge is 0.489 e. The summed E-state index contributed by atoms with van der Waals surface area (Å²) in [5.41, 5.74) is 8.57. The van der Waals surface area contributed by atoms with Crippen LogP contribution in [0.1, 0.15) is 32.3 Å². The third kappa shape index (κ3) is 5.20. The molecule has 1 aliphatic carbocycles. The van der Waals surface area contributed by atoms with Gasteiger partial charge in [0.15, 0.2) is 17.5 Å². The molecule has 5 aromatic carbocycles. The third-order valence-electron chi connectivity index (χ3n) is 9.60. The first kappa shape index (κ1) is 28.1. The van der Waals surface area contributed by atoms with Crippen LogP contribution in [0.15, 0.2) is 140 Å². The highest BCUT2D eigenvalue weighted by Crippen LogP contribution is 2.49. The maximum Gasteiger partial charge on any atom is 0.164 e. The lowest BCUT2D eigenvalue weighted by Crippen LogP contribution is -2.45. The molecule has 4 nitrogen and oxygen atoms in total. The van der Waals surface area contributed by atoms with Crippen LogP contribution in [0, 0.1) is 5.92 Å². The van der Waals surface area contributed by atoms with Crippen LogP contribution in [-0.4, -0.2) is 21.1 Å². The standard InChI is InChI=1S/C42H35N3O/c1-42(2)35-21-9-10-22-37(35)46-38-24-23-34(27-36(38)42)41-44-39(32-19-11-17-30(25-32)28-13-5-3-6-14-28)43-40(45-41)33-20-12-18-31(26-33)29-15-7-4-8-16-29/h3-20,23-27,35,37H,21-22H2,1-2H3. The van der Waals surface area contributed by atoms with Crippen molar-refractivity contribution in [3.05, 3.63) is 145 Å². The van der Waals surface area contributed by atoms with E-state index in [4.69, 9.17) is 19.7 Å². The number of benzene rings is 5. The molecule has 0 spiro atoms. The van der Waals surface area contributed by atoms with Crippen LogP contribution in [0.3, 0.4) is 0 Å². The van der Waals surface area contributed by atoms with Crippen LogP contribution in [0.25, 0.3) is 56.4 Å². The lowest BCUT2D eigenvalue weighted by Gasteiger charge is -2.46. The van der Waals surface area contributed by atoms with E-state index in [1.807, 2.05) is 12.1 Å². The van der Waals surface area contributed by atoms with E-state index >= 15 is 0 Å². The van der Waals surface area contributed by atoms with E-state index in [1.54, 1.807) is 0 Å². The maximum atomic E-state index is 6.55. The molecule has 0 saturated heterocycles. The highest BCUT2D eigenvalue weighted by Gasteiger charge is 2.44. The van der Waals surface area contributed by atoms with Gasteiger partial charge in [-0.15, -0.1) is 0 Å². The smallest absolute Gasteiger partial charge is 0.164 e. The quantitative estimate of drug-likeness (QED) is 0.186. The predicted molar refractivity (Wildman–Crippen MR) is 186 cm³/mol. The van der Waals surface area contributed by atoms with Crippen molar-refractivity contribution < 1.29 is 4.74 Å². The van der Waals surface area contributed by atoms with Crippen LogP contribution in [0.2, 0.25) is 0 Å². The van der Waals surface area contributed by atoms with E-state index in [1.165, 1.54) is 5.56 Å². The molecule has 224 valence electrons. The Kier molecular flexibility index (Phi) is 7.06. The summed E-state index contributed by atoms with van der Waals surface area (Å²) in [4.78, 5) is 15.3. The molecule has 2 aliphatic rings. The number of hydrogen-bond acceptors (Lipinski definition) is 4. The molecule has 1 aromatic heterocycles. The molecule has 2 unspecified atom stereocenters. The number of hydrogen-bond donors (Lipinski definition) is 0. The van der Waals surface area contributed by atoms with Gasteiger partial charge in [-0.3, -0.25) is 0 Å². The zero-order chi connectivity index (χ0) is 31.1. The number of aromatic nitrogens is 3. The van der Waals surface area contributed by atoms with E-state index in [0.717, 1.165) is 57.5 Å². The van der Waals surface area contributed by atoms with Crippen molar-refractivity contribution in [2.24, 2.45) is 5.92 Å². The summed E-state index contributed by atoms with van der Waals surface area (Å²) in [5, 5.41) is 0. The molecule has 0 amide bonds. The fourth-order valence-electron chi connectivity index (χ4n) is 7.02. The van der Waals surface area contributed by atoms with Crippen molar-refractivity contribution in [2.75, 3.05) is 0 Å². The number of nitrogens with zero attached hydrogens (tertiary/aromatic N) is 3. The van der Waals surface area contributed by atoms with Crippen molar-refractivity contribution >= 4 is 0 Å². The Hall–Kier alpha value is -5.35. The minimum atomic E-state index is -0.0499. The van der Waals surface area contributed by atoms with Gasteiger partial charge in [-0.05, 0) is 64.4 Å². The highest BCUT2D eigenvalue weighted by atomic mass is 16.5. The number of rotatable bonds is 5. The Balaban J connectivity index is 1.27. The lowest BCUT2D eigenvalue weighted by molar-refractivity contribution is 0.0591. The van der Waals surface area contributed by atoms with Crippen LogP contribution >= 0.6 is 0 Å². The minimum absolute atomic E-state index is 0.0499. The zero-order valence-electron chi connectivity index (χ0n) is 26.1. The normalized spacial score (nSPS) is 17.9. The zero-order valence-corrected chi connectivity index (χ0v) is 26.1. The van der Waals surface area contributed by atoms with Gasteiger partial charge in [0.2, 0.25) is 0 Å². The van der Waals surface area contributed by atoms with Crippen molar-refractivity contribution in [3.8, 4) is 62.2 Å². The molecular weight excluding hydrogens is 562 g/mol. The molecule has 0 N–H and O–H groups in total. The molecule has 0 radical (unpaired) electrons. The van der Waals surface area contributed by atoms with Gasteiger partial charge in [0.05, 0.1) is 0 Å². The Labute approximate surface area is 270 Å². The van der Waals surface area contributed by atoms with Gasteiger partial charge in [0.1, 0.15) is 11.9 Å². The average molecular weight is 598 g/mol. The van der Waals surface area contributed by atoms with E-state index in [9.17, 15) is 0 Å². The number of allylic oxidation sites excluding steroid dienone is 1. The van der Waals surface area contributed by atoms with Gasteiger partial charge in [0.25, 0.3) is 0 Å². The first-order valence-electron chi connectivity index (χ1n) is 16.1. The molecule has 2 atom stereocenters. The summed E-state index contributed by atoms with van der Waals surface area (Å²) in [5.74, 6) is 3.33. The van der Waals surface area contributed by atoms with Gasteiger partial charge < -0.3 is 4.74 Å². The molecule has 0 bridgehead atoms. The number of ether oxygens (including phenoxy) is 1. The Bertz CT molecular complexity index is 1970. The monoisotopic (exact) mass is 597 g/mol. The summed E-state index contributed by atoms with van der Waals surface area (Å²) in [6.45, 7) is 4.70. The second-order valence-corrected chi connectivity index (χ2v) is 12.8. The topological polar surface area (TPSA) is 47.9 Å². The van der Waals surface area contributed by atoms with E-state index in [-0.39, 0.29) is 11.5 Å². The van der Waals surface area contributed by atoms with Crippen LogP contribution in [0.4, 0.5) is 0 Å². The van der Waals surface area contributed by atoms with Gasteiger partial charge in [-0.1, -0.05) is 123 Å². The highest BCUT2D eigenvalue weighted by molar-refractivity contribution is 5.75. The average Bonchev–Trinajstić information content (AvgIpc) is 3.12. The Morgan fingerprint density at radius 3 is 1.54 bits per heavy atom. The van der Waals surface area contributed by atoms with Crippen molar-refractivity contribution in [1.82, 2.24) is 15.0 Å². The van der Waals surface area contributed by atoms with Crippen LogP contribution in [-0.2, 0) is 5.41 Å². The molecule has 8 rings (SSSR count). The van der Waals surface area contributed by atoms with Gasteiger partial charge in [-0.25, -0.2) is 15.0 Å². The van der Waals surface area contributed by atoms with E-state index in [2.05, 4.69) is 141 Å². The summed E-state index contributed by atoms with van der Waals surface area (Å²) < 4.78 is 6.55. The lowest BCUT2D eigenvalue weighted by atomic mass is 9.65. The molecule has 1 aliphatic heterocycles. The third-order valence-corrected chi connectivity index (χ3v) is 9.60. The second kappa shape index (κ2) is 11.5. The first-order chi connectivity index (χ1) is 22.5. The maximum absolute atomic E-state index is 6.55. The summed E-state index contributed by atoms with van der Waals surface area (Å²) in [6.07, 6.45) is 6.75. The van der Waals surface area contributed by atoms with Gasteiger partial charge in [0, 0.05) is 34.6 Å². The molecule has 4 heteroatoms. The predicted octanol–water partition coefficient (Wildman–Crippen LogP) is 10.2. The van der Waals surface area contributed by atoms with E-state index in [0.29, 0.717) is 23.4 Å². The molecule has 2 heterocycles. The van der Waals surface area contributed by atoms with Crippen molar-refractivity contribution in [2.45, 2.75) is 38.2 Å². The molecular formula is C42H35N3O. The number of fused-ring (bicyclic) bond motifs is 2. The fraction of sp³-hybridized carbons (Fsp3) is 0.167. The summed E-state index contributed by atoms with van der Waals surface area (Å²) >= 11 is 0. The van der Waals surface area contributed by atoms with E-state index < -0.39 is 0 Å². The Morgan fingerprint density at radius 2 is 0.978 bits per heavy atom. The minimum Gasteiger partial charge on any atom is -0.489 e. The SMILES string of the molecule is CC1(C)c2cc(-c3nc(-c4cccc(-c5ccccc5)c4)nc(-c4cccc(-c5ccccc5)c4)n3)ccc2OC2CC=CCC21. The first-order valence-corrected chi connectivity index (χ1v) is 16.1. The summed E-state index contributed by atoms with van der Waals surface area (Å²) in [6, 6.07) is 44.2. The van der Waals surface area contributed by atoms with Crippen molar-refractivity contribution in [1.29, 1.82) is 0 Å². The molecule has 0 saturated carbocycles. The summed E-state index contributed by atoms with van der Waals surface area (Å²) in [7, 11) is 0.